The molecule has 1 aromatic rings. The van der Waals surface area contributed by atoms with Crippen molar-refractivity contribution in [3.8, 4) is 0 Å². The molecule has 0 saturated carbocycles. The van der Waals surface area contributed by atoms with E-state index in [1.807, 2.05) is 0 Å². The van der Waals surface area contributed by atoms with Crippen molar-refractivity contribution in [1.29, 1.82) is 0 Å². The van der Waals surface area contributed by atoms with E-state index in [9.17, 15) is 26.3 Å². The normalized spacial score (nSPS) is 14.8. The van der Waals surface area contributed by atoms with E-state index in [0.29, 0.717) is 0 Å². The summed E-state index contributed by atoms with van der Waals surface area (Å²) in [5.41, 5.74) is -0.119. The van der Waals surface area contributed by atoms with Gasteiger partial charge in [0.05, 0.1) is 0 Å². The topological polar surface area (TPSA) is 0 Å². The van der Waals surface area contributed by atoms with Crippen molar-refractivity contribution in [2.75, 3.05) is 0 Å². The summed E-state index contributed by atoms with van der Waals surface area (Å²) in [6.07, 6.45) is -11.1. The van der Waals surface area contributed by atoms with Crippen molar-refractivity contribution in [2.24, 2.45) is 0 Å². The van der Waals surface area contributed by atoms with Gasteiger partial charge in [-0.2, -0.15) is 13.2 Å². The third-order valence-corrected chi connectivity index (χ3v) is 2.26. The van der Waals surface area contributed by atoms with Crippen molar-refractivity contribution in [1.82, 2.24) is 0 Å². The molecule has 1 rings (SSSR count). The van der Waals surface area contributed by atoms with Crippen LogP contribution in [0.15, 0.2) is 24.3 Å². The smallest absolute Gasteiger partial charge is 0.231 e. The minimum atomic E-state index is -5.57. The van der Waals surface area contributed by atoms with Crippen LogP contribution in [0, 0.1) is 0 Å². The maximum atomic E-state index is 13.0. The van der Waals surface area contributed by atoms with Gasteiger partial charge in [-0.25, -0.2) is 13.2 Å². The molecular formula is C10H7ClF6. The lowest BCUT2D eigenvalue weighted by Crippen LogP contribution is -2.43. The maximum absolute atomic E-state index is 13.0. The third kappa shape index (κ3) is 3.80. The fourth-order valence-electron chi connectivity index (χ4n) is 1.20. The van der Waals surface area contributed by atoms with E-state index >= 15 is 0 Å². The zero-order valence-electron chi connectivity index (χ0n) is 8.24. The van der Waals surface area contributed by atoms with Crippen LogP contribution in [0.5, 0.6) is 0 Å². The summed E-state index contributed by atoms with van der Waals surface area (Å²) < 4.78 is 74.0. The zero-order chi connectivity index (χ0) is 13.3. The van der Waals surface area contributed by atoms with E-state index in [-0.39, 0.29) is 10.6 Å². The molecule has 0 spiro atoms. The van der Waals surface area contributed by atoms with Gasteiger partial charge in [0.1, 0.15) is 0 Å². The van der Waals surface area contributed by atoms with Crippen LogP contribution in [0.2, 0.25) is 5.02 Å². The van der Waals surface area contributed by atoms with Gasteiger partial charge in [-0.3, -0.25) is 0 Å². The second-order valence-electron chi connectivity index (χ2n) is 3.47. The first-order valence-corrected chi connectivity index (χ1v) is 4.84. The summed E-state index contributed by atoms with van der Waals surface area (Å²) >= 11 is 5.48. The molecule has 0 saturated heterocycles. The molecule has 0 aromatic heterocycles. The first-order valence-electron chi connectivity index (χ1n) is 4.46. The molecular weight excluding hydrogens is 270 g/mol. The molecule has 1 aromatic carbocycles. The highest BCUT2D eigenvalue weighted by atomic mass is 35.5. The largest absolute Gasteiger partial charge is 0.425 e. The molecule has 0 heterocycles. The molecule has 0 N–H and O–H groups in total. The average molecular weight is 277 g/mol. The van der Waals surface area contributed by atoms with E-state index in [1.54, 1.807) is 0 Å². The van der Waals surface area contributed by atoms with Gasteiger partial charge in [0, 0.05) is 11.4 Å². The number of alkyl halides is 6. The second kappa shape index (κ2) is 4.76. The first-order chi connectivity index (χ1) is 7.63. The van der Waals surface area contributed by atoms with Crippen LogP contribution in [0.25, 0.3) is 0 Å². The summed E-state index contributed by atoms with van der Waals surface area (Å²) in [7, 11) is 0. The van der Waals surface area contributed by atoms with Gasteiger partial charge in [-0.1, -0.05) is 23.7 Å². The summed E-state index contributed by atoms with van der Waals surface area (Å²) in [5.74, 6) is -4.49. The van der Waals surface area contributed by atoms with E-state index in [1.165, 1.54) is 12.1 Å². The molecule has 0 fully saturated rings. The third-order valence-electron chi connectivity index (χ3n) is 2.01. The zero-order valence-corrected chi connectivity index (χ0v) is 9.00. The quantitative estimate of drug-likeness (QED) is 0.717. The predicted octanol–water partition coefficient (Wildman–Crippen LogP) is 4.42. The Labute approximate surface area is 98.2 Å². The van der Waals surface area contributed by atoms with Gasteiger partial charge in [-0.05, 0) is 17.7 Å². The molecule has 0 aliphatic carbocycles. The lowest BCUT2D eigenvalue weighted by molar-refractivity contribution is -0.243. The fourth-order valence-corrected chi connectivity index (χ4v) is 1.33. The van der Waals surface area contributed by atoms with E-state index in [2.05, 4.69) is 0 Å². The van der Waals surface area contributed by atoms with Crippen molar-refractivity contribution in [2.45, 2.75) is 24.7 Å². The van der Waals surface area contributed by atoms with E-state index < -0.39 is 24.7 Å². The molecule has 0 aliphatic rings. The number of hydrogen-bond acceptors (Lipinski definition) is 0. The Morgan fingerprint density at radius 1 is 1.00 bits per heavy atom. The van der Waals surface area contributed by atoms with Gasteiger partial charge in [0.15, 0.2) is 0 Å². The number of hydrogen-bond donors (Lipinski definition) is 0. The number of benzene rings is 1. The van der Waals surface area contributed by atoms with Crippen LogP contribution in [-0.2, 0) is 6.42 Å². The van der Waals surface area contributed by atoms with Crippen LogP contribution in [-0.4, -0.2) is 18.3 Å². The molecule has 17 heavy (non-hydrogen) atoms. The minimum Gasteiger partial charge on any atom is -0.231 e. The highest BCUT2D eigenvalue weighted by molar-refractivity contribution is 6.30. The van der Waals surface area contributed by atoms with Crippen molar-refractivity contribution < 1.29 is 26.3 Å². The molecule has 0 nitrogen and oxygen atoms in total. The molecule has 7 heteroatoms. The molecule has 0 aliphatic heterocycles. The molecule has 0 amide bonds. The summed E-state index contributed by atoms with van der Waals surface area (Å²) in [4.78, 5) is 0. The Bertz CT molecular complexity index is 369. The summed E-state index contributed by atoms with van der Waals surface area (Å²) in [6.45, 7) is 0. The van der Waals surface area contributed by atoms with Crippen LogP contribution >= 0.6 is 11.6 Å². The second-order valence-corrected chi connectivity index (χ2v) is 3.90. The van der Waals surface area contributed by atoms with Crippen molar-refractivity contribution in [3.63, 3.8) is 0 Å². The lowest BCUT2D eigenvalue weighted by Gasteiger charge is -2.22. The summed E-state index contributed by atoms with van der Waals surface area (Å²) in [6, 6.07) is 4.74. The lowest BCUT2D eigenvalue weighted by atomic mass is 10.0. The number of halogens is 7. The summed E-state index contributed by atoms with van der Waals surface area (Å²) in [5, 5.41) is 0.254. The molecule has 0 bridgehead atoms. The van der Waals surface area contributed by atoms with Crippen LogP contribution < -0.4 is 0 Å². The Morgan fingerprint density at radius 3 is 1.88 bits per heavy atom. The van der Waals surface area contributed by atoms with Crippen molar-refractivity contribution in [3.05, 3.63) is 34.9 Å². The van der Waals surface area contributed by atoms with E-state index in [4.69, 9.17) is 11.6 Å². The van der Waals surface area contributed by atoms with Crippen LogP contribution in [0.4, 0.5) is 26.3 Å². The fraction of sp³-hybridized carbons (Fsp3) is 0.400. The Morgan fingerprint density at radius 2 is 1.47 bits per heavy atom. The SMILES string of the molecule is FC(C(F)(F)F)C(F)(F)Cc1ccc(Cl)cc1. The highest BCUT2D eigenvalue weighted by Gasteiger charge is 2.56. The minimum absolute atomic E-state index is 0.119. The van der Waals surface area contributed by atoms with Gasteiger partial charge in [-0.15, -0.1) is 0 Å². The predicted molar refractivity (Wildman–Crippen MR) is 51.1 cm³/mol. The molecule has 96 valence electrons. The Hall–Kier alpha value is -0.910. The monoisotopic (exact) mass is 276 g/mol. The van der Waals surface area contributed by atoms with E-state index in [0.717, 1.165) is 12.1 Å². The van der Waals surface area contributed by atoms with Gasteiger partial charge in [0.2, 0.25) is 0 Å². The first kappa shape index (κ1) is 14.2. The highest BCUT2D eigenvalue weighted by Crippen LogP contribution is 2.37. The standard InChI is InChI=1S/C10H7ClF6/c11-7-3-1-6(2-4-7)5-9(13,14)8(12)10(15,16)17/h1-4,8H,5H2. The Kier molecular flexibility index (Phi) is 3.96. The average Bonchev–Trinajstić information content (AvgIpc) is 2.19. The van der Waals surface area contributed by atoms with Crippen molar-refractivity contribution >= 4 is 11.6 Å². The van der Waals surface area contributed by atoms with Crippen LogP contribution in [0.3, 0.4) is 0 Å². The van der Waals surface area contributed by atoms with Crippen LogP contribution in [0.1, 0.15) is 5.56 Å². The van der Waals surface area contributed by atoms with Gasteiger partial charge in [0.25, 0.3) is 12.1 Å². The molecule has 1 unspecified atom stereocenters. The number of rotatable bonds is 3. The maximum Gasteiger partial charge on any atom is 0.425 e. The Balaban J connectivity index is 2.82. The molecule has 0 radical (unpaired) electrons. The van der Waals surface area contributed by atoms with Gasteiger partial charge < -0.3 is 0 Å². The molecule has 1 atom stereocenters. The van der Waals surface area contributed by atoms with Gasteiger partial charge >= 0.3 is 6.18 Å².